The van der Waals surface area contributed by atoms with E-state index in [0.717, 1.165) is 10.0 Å². The smallest absolute Gasteiger partial charge is 0.332 e. The molecule has 0 aliphatic carbocycles. The summed E-state index contributed by atoms with van der Waals surface area (Å²) in [5.74, 6) is -1.16. The number of halogens is 1. The third-order valence-corrected chi connectivity index (χ3v) is 2.98. The van der Waals surface area contributed by atoms with Crippen LogP contribution in [0.4, 0.5) is 0 Å². The van der Waals surface area contributed by atoms with Crippen molar-refractivity contribution >= 4 is 27.8 Å². The average Bonchev–Trinajstić information content (AvgIpc) is 2.37. The summed E-state index contributed by atoms with van der Waals surface area (Å²) in [4.78, 5) is 24.7. The molecule has 19 heavy (non-hydrogen) atoms. The summed E-state index contributed by atoms with van der Waals surface area (Å²) in [5.41, 5.74) is 6.50. The van der Waals surface area contributed by atoms with Gasteiger partial charge in [-0.3, -0.25) is 4.79 Å². The Hall–Kier alpha value is -1.40. The molecule has 0 saturated heterocycles. The van der Waals surface area contributed by atoms with Gasteiger partial charge >= 0.3 is 5.97 Å². The summed E-state index contributed by atoms with van der Waals surface area (Å²) < 4.78 is 5.66. The van der Waals surface area contributed by atoms with Crippen LogP contribution in [0.25, 0.3) is 0 Å². The number of amides is 1. The van der Waals surface area contributed by atoms with Gasteiger partial charge in [-0.25, -0.2) is 4.79 Å². The van der Waals surface area contributed by atoms with E-state index in [1.54, 1.807) is 14.0 Å². The van der Waals surface area contributed by atoms with Crippen molar-refractivity contribution in [2.24, 2.45) is 5.73 Å². The molecule has 1 atom stereocenters. The van der Waals surface area contributed by atoms with Crippen molar-refractivity contribution in [1.82, 2.24) is 4.90 Å². The van der Waals surface area contributed by atoms with E-state index in [1.807, 2.05) is 24.3 Å². The van der Waals surface area contributed by atoms with Crippen LogP contribution in [0.2, 0.25) is 0 Å². The minimum atomic E-state index is -1.27. The number of hydrogen-bond donors (Lipinski definition) is 1. The molecule has 0 saturated carbocycles. The zero-order valence-corrected chi connectivity index (χ0v) is 12.5. The van der Waals surface area contributed by atoms with Gasteiger partial charge in [-0.05, 0) is 24.6 Å². The van der Waals surface area contributed by atoms with Gasteiger partial charge in [-0.1, -0.05) is 28.1 Å². The molecule has 1 amide bonds. The number of nitrogens with zero attached hydrogens (tertiary/aromatic N) is 1. The second-order valence-corrected chi connectivity index (χ2v) is 4.97. The van der Waals surface area contributed by atoms with Crippen molar-refractivity contribution in [2.45, 2.75) is 19.5 Å². The molecule has 0 aliphatic heterocycles. The van der Waals surface area contributed by atoms with Crippen LogP contribution in [-0.2, 0) is 20.9 Å². The zero-order valence-electron chi connectivity index (χ0n) is 10.9. The second-order valence-electron chi connectivity index (χ2n) is 4.05. The lowest BCUT2D eigenvalue weighted by Crippen LogP contribution is -2.47. The molecule has 0 aromatic heterocycles. The number of rotatable bonds is 5. The van der Waals surface area contributed by atoms with Crippen molar-refractivity contribution in [1.29, 1.82) is 0 Å². The van der Waals surface area contributed by atoms with E-state index in [-0.39, 0.29) is 6.61 Å². The third-order valence-electron chi connectivity index (χ3n) is 2.49. The molecule has 1 unspecified atom stereocenters. The first-order valence-electron chi connectivity index (χ1n) is 5.87. The highest BCUT2D eigenvalue weighted by atomic mass is 79.9. The Morgan fingerprint density at radius 1 is 1.47 bits per heavy atom. The van der Waals surface area contributed by atoms with Crippen LogP contribution in [0.3, 0.4) is 0 Å². The lowest BCUT2D eigenvalue weighted by molar-refractivity contribution is -0.150. The number of nitrogens with two attached hydrogens (primary N) is 1. The zero-order chi connectivity index (χ0) is 14.4. The number of carbonyl (C=O) groups excluding carboxylic acids is 2. The highest BCUT2D eigenvalue weighted by Gasteiger charge is 2.26. The fraction of sp³-hybridized carbons (Fsp3) is 0.385. The number of benzene rings is 1. The van der Waals surface area contributed by atoms with Gasteiger partial charge in [-0.2, -0.15) is 0 Å². The first-order valence-corrected chi connectivity index (χ1v) is 6.66. The number of hydrogen-bond acceptors (Lipinski definition) is 4. The predicted molar refractivity (Wildman–Crippen MR) is 75.2 cm³/mol. The maximum Gasteiger partial charge on any atom is 0.332 e. The van der Waals surface area contributed by atoms with E-state index in [2.05, 4.69) is 15.9 Å². The third kappa shape index (κ3) is 4.65. The molecule has 1 aromatic carbocycles. The van der Waals surface area contributed by atoms with Crippen molar-refractivity contribution in [3.63, 3.8) is 0 Å². The Labute approximate surface area is 120 Å². The Morgan fingerprint density at radius 3 is 2.74 bits per heavy atom. The molecule has 1 aromatic rings. The SMILES string of the molecule is CCOC(=O)C(N)C(=O)N(C)Cc1cccc(Br)c1. The summed E-state index contributed by atoms with van der Waals surface area (Å²) in [6.45, 7) is 2.25. The monoisotopic (exact) mass is 328 g/mol. The van der Waals surface area contributed by atoms with Crippen LogP contribution >= 0.6 is 15.9 Å². The fourth-order valence-corrected chi connectivity index (χ4v) is 2.00. The van der Waals surface area contributed by atoms with Crippen LogP contribution in [0.5, 0.6) is 0 Å². The second kappa shape index (κ2) is 7.25. The Kier molecular flexibility index (Phi) is 5.98. The summed E-state index contributed by atoms with van der Waals surface area (Å²) in [5, 5.41) is 0. The van der Waals surface area contributed by atoms with Crippen LogP contribution in [-0.4, -0.2) is 36.5 Å². The van der Waals surface area contributed by atoms with Crippen molar-refractivity contribution < 1.29 is 14.3 Å². The molecule has 0 aliphatic rings. The molecular formula is C13H17BrN2O3. The predicted octanol–water partition coefficient (Wildman–Crippen LogP) is 1.30. The Balaban J connectivity index is 2.64. The van der Waals surface area contributed by atoms with E-state index in [0.29, 0.717) is 6.54 Å². The van der Waals surface area contributed by atoms with E-state index in [1.165, 1.54) is 4.90 Å². The first-order chi connectivity index (χ1) is 8.95. The molecule has 0 bridgehead atoms. The average molecular weight is 329 g/mol. The van der Waals surface area contributed by atoms with Gasteiger partial charge in [0.15, 0.2) is 6.04 Å². The minimum Gasteiger partial charge on any atom is -0.464 e. The molecular weight excluding hydrogens is 312 g/mol. The quantitative estimate of drug-likeness (QED) is 0.653. The highest BCUT2D eigenvalue weighted by molar-refractivity contribution is 9.10. The van der Waals surface area contributed by atoms with Crippen LogP contribution in [0.15, 0.2) is 28.7 Å². The normalized spacial score (nSPS) is 11.8. The number of ether oxygens (including phenoxy) is 1. The van der Waals surface area contributed by atoms with E-state index in [9.17, 15) is 9.59 Å². The summed E-state index contributed by atoms with van der Waals surface area (Å²) in [6, 6.07) is 6.31. The van der Waals surface area contributed by atoms with E-state index < -0.39 is 17.9 Å². The summed E-state index contributed by atoms with van der Waals surface area (Å²) in [6.07, 6.45) is 0. The first kappa shape index (κ1) is 15.7. The number of esters is 1. The largest absolute Gasteiger partial charge is 0.464 e. The molecule has 2 N–H and O–H groups in total. The van der Waals surface area contributed by atoms with Gasteiger partial charge in [0.2, 0.25) is 0 Å². The van der Waals surface area contributed by atoms with Crippen LogP contribution in [0.1, 0.15) is 12.5 Å². The van der Waals surface area contributed by atoms with Crippen LogP contribution in [0, 0.1) is 0 Å². The standard InChI is InChI=1S/C13H17BrN2O3/c1-3-19-13(18)11(15)12(17)16(2)8-9-5-4-6-10(14)7-9/h4-7,11H,3,8,15H2,1-2H3. The Morgan fingerprint density at radius 2 is 2.16 bits per heavy atom. The highest BCUT2D eigenvalue weighted by Crippen LogP contribution is 2.13. The topological polar surface area (TPSA) is 72.6 Å². The van der Waals surface area contributed by atoms with Crippen molar-refractivity contribution in [2.75, 3.05) is 13.7 Å². The minimum absolute atomic E-state index is 0.204. The van der Waals surface area contributed by atoms with E-state index in [4.69, 9.17) is 10.5 Å². The van der Waals surface area contributed by atoms with Gasteiger partial charge < -0.3 is 15.4 Å². The molecule has 1 rings (SSSR count). The summed E-state index contributed by atoms with van der Waals surface area (Å²) >= 11 is 3.36. The van der Waals surface area contributed by atoms with Gasteiger partial charge in [0.05, 0.1) is 6.61 Å². The van der Waals surface area contributed by atoms with Crippen LogP contribution < -0.4 is 5.73 Å². The maximum atomic E-state index is 11.9. The van der Waals surface area contributed by atoms with Gasteiger partial charge in [-0.15, -0.1) is 0 Å². The van der Waals surface area contributed by atoms with Gasteiger partial charge in [0.25, 0.3) is 5.91 Å². The molecule has 0 radical (unpaired) electrons. The molecule has 5 nitrogen and oxygen atoms in total. The lowest BCUT2D eigenvalue weighted by Gasteiger charge is -2.20. The fourth-order valence-electron chi connectivity index (χ4n) is 1.56. The molecule has 0 heterocycles. The van der Waals surface area contributed by atoms with Crippen molar-refractivity contribution in [3.05, 3.63) is 34.3 Å². The number of likely N-dealkylation sites (N-methyl/N-ethyl adjacent to an activating group) is 1. The Bertz CT molecular complexity index is 465. The molecule has 6 heteroatoms. The van der Waals surface area contributed by atoms with E-state index >= 15 is 0 Å². The maximum absolute atomic E-state index is 11.9. The van der Waals surface area contributed by atoms with Gasteiger partial charge in [0.1, 0.15) is 0 Å². The van der Waals surface area contributed by atoms with Gasteiger partial charge in [0, 0.05) is 18.1 Å². The molecule has 104 valence electrons. The lowest BCUT2D eigenvalue weighted by atomic mass is 10.2. The molecule has 0 fully saturated rings. The molecule has 0 spiro atoms. The number of carbonyl (C=O) groups is 2. The van der Waals surface area contributed by atoms with Crippen molar-refractivity contribution in [3.8, 4) is 0 Å². The summed E-state index contributed by atoms with van der Waals surface area (Å²) in [7, 11) is 1.60.